The fourth-order valence-electron chi connectivity index (χ4n) is 3.82. The second-order valence-corrected chi connectivity index (χ2v) is 11.3. The summed E-state index contributed by atoms with van der Waals surface area (Å²) < 4.78 is 39.4. The van der Waals surface area contributed by atoms with Crippen molar-refractivity contribution >= 4 is 39.4 Å². The highest BCUT2D eigenvalue weighted by atomic mass is 35.5. The maximum atomic E-state index is 13.6. The lowest BCUT2D eigenvalue weighted by atomic mass is 10.2. The van der Waals surface area contributed by atoms with Crippen LogP contribution in [0.4, 0.5) is 5.69 Å². The van der Waals surface area contributed by atoms with E-state index in [0.717, 1.165) is 21.0 Å². The number of hydrazone groups is 1. The number of nitrogens with zero attached hydrogens (tertiary/aromatic N) is 2. The highest BCUT2D eigenvalue weighted by Gasteiger charge is 2.27. The summed E-state index contributed by atoms with van der Waals surface area (Å²) in [6.45, 7) is 4.12. The first kappa shape index (κ1) is 29.6. The molecule has 212 valence electrons. The lowest BCUT2D eigenvalue weighted by Crippen LogP contribution is -2.39. The van der Waals surface area contributed by atoms with Crippen LogP contribution in [0.5, 0.6) is 11.5 Å². The Morgan fingerprint density at radius 2 is 1.59 bits per heavy atom. The number of ether oxygens (including phenoxy) is 2. The van der Waals surface area contributed by atoms with E-state index >= 15 is 0 Å². The van der Waals surface area contributed by atoms with E-state index in [-0.39, 0.29) is 4.90 Å². The van der Waals surface area contributed by atoms with Crippen LogP contribution in [0.1, 0.15) is 23.6 Å². The van der Waals surface area contributed by atoms with Gasteiger partial charge in [-0.3, -0.25) is 9.10 Å². The summed E-state index contributed by atoms with van der Waals surface area (Å²) in [6, 6.07) is 27.6. The Labute approximate surface area is 245 Å². The molecule has 4 aromatic rings. The van der Waals surface area contributed by atoms with Gasteiger partial charge in [0, 0.05) is 5.02 Å². The summed E-state index contributed by atoms with van der Waals surface area (Å²) >= 11 is 6.01. The normalized spacial score (nSPS) is 11.3. The molecule has 0 saturated heterocycles. The van der Waals surface area contributed by atoms with Gasteiger partial charge in [0.05, 0.1) is 23.4 Å². The van der Waals surface area contributed by atoms with Crippen LogP contribution in [0, 0.1) is 6.92 Å². The number of hydrogen-bond acceptors (Lipinski definition) is 6. The monoisotopic (exact) mass is 591 g/mol. The molecular formula is C31H30ClN3O5S. The van der Waals surface area contributed by atoms with E-state index in [4.69, 9.17) is 21.1 Å². The van der Waals surface area contributed by atoms with Gasteiger partial charge in [0.25, 0.3) is 15.9 Å². The minimum Gasteiger partial charge on any atom is -0.494 e. The zero-order valence-corrected chi connectivity index (χ0v) is 24.2. The molecule has 8 nitrogen and oxygen atoms in total. The first-order valence-corrected chi connectivity index (χ1v) is 14.7. The molecule has 0 atom stereocenters. The van der Waals surface area contributed by atoms with Gasteiger partial charge in [-0.2, -0.15) is 5.10 Å². The zero-order valence-electron chi connectivity index (χ0n) is 22.7. The predicted molar refractivity (Wildman–Crippen MR) is 161 cm³/mol. The topological polar surface area (TPSA) is 97.3 Å². The smallest absolute Gasteiger partial charge is 0.264 e. The van der Waals surface area contributed by atoms with Crippen LogP contribution >= 0.6 is 11.6 Å². The molecule has 0 aromatic heterocycles. The quantitative estimate of drug-likeness (QED) is 0.162. The van der Waals surface area contributed by atoms with Crippen LogP contribution in [-0.2, 0) is 21.4 Å². The van der Waals surface area contributed by atoms with E-state index in [0.29, 0.717) is 35.4 Å². The molecule has 0 saturated carbocycles. The molecular weight excluding hydrogens is 562 g/mol. The molecule has 0 radical (unpaired) electrons. The molecule has 0 fully saturated rings. The third-order valence-electron chi connectivity index (χ3n) is 5.91. The lowest BCUT2D eigenvalue weighted by molar-refractivity contribution is -0.119. The van der Waals surface area contributed by atoms with Crippen LogP contribution in [0.15, 0.2) is 107 Å². The molecule has 0 spiro atoms. The number of benzene rings is 4. The van der Waals surface area contributed by atoms with Gasteiger partial charge in [-0.1, -0.05) is 41.4 Å². The average Bonchev–Trinajstić information content (AvgIpc) is 2.96. The summed E-state index contributed by atoms with van der Waals surface area (Å²) in [5.41, 5.74) is 5.41. The molecule has 0 heterocycles. The number of sulfonamides is 1. The van der Waals surface area contributed by atoms with Gasteiger partial charge in [-0.25, -0.2) is 13.8 Å². The largest absolute Gasteiger partial charge is 0.494 e. The van der Waals surface area contributed by atoms with Crippen molar-refractivity contribution in [3.8, 4) is 11.5 Å². The SMILES string of the molecule is CCOc1ccc(S(=O)(=O)N(CC(=O)N/N=C\c2ccc(OCc3cccc(Cl)c3)cc2)c2ccc(C)cc2)cc1. The molecule has 10 heteroatoms. The fourth-order valence-corrected chi connectivity index (χ4v) is 5.45. The number of halogens is 1. The maximum absolute atomic E-state index is 13.6. The summed E-state index contributed by atoms with van der Waals surface area (Å²) in [4.78, 5) is 12.9. The van der Waals surface area contributed by atoms with Crippen LogP contribution in [-0.4, -0.2) is 33.7 Å². The molecule has 0 aliphatic rings. The van der Waals surface area contributed by atoms with E-state index in [1.807, 2.05) is 32.0 Å². The van der Waals surface area contributed by atoms with E-state index in [1.165, 1.54) is 18.3 Å². The molecule has 1 amide bonds. The Bertz CT molecular complexity index is 1590. The van der Waals surface area contributed by atoms with Crippen LogP contribution in [0.3, 0.4) is 0 Å². The van der Waals surface area contributed by atoms with Gasteiger partial charge in [-0.05, 0) is 97.8 Å². The number of rotatable bonds is 12. The standard InChI is InChI=1S/C31H30ClN3O5S/c1-3-39-28-15-17-30(18-16-28)41(37,38)35(27-11-7-23(2)8-12-27)21-31(36)34-33-20-24-9-13-29(14-10-24)40-22-25-5-4-6-26(32)19-25/h4-20H,3,21-22H2,1-2H3,(H,34,36)/b33-20-. The Balaban J connectivity index is 1.41. The van der Waals surface area contributed by atoms with Crippen molar-refractivity contribution in [3.63, 3.8) is 0 Å². The summed E-state index contributed by atoms with van der Waals surface area (Å²) in [6.07, 6.45) is 1.47. The molecule has 4 rings (SSSR count). The van der Waals surface area contributed by atoms with Gasteiger partial charge >= 0.3 is 0 Å². The average molecular weight is 592 g/mol. The number of nitrogens with one attached hydrogen (secondary N) is 1. The molecule has 0 unspecified atom stereocenters. The van der Waals surface area contributed by atoms with Crippen LogP contribution in [0.25, 0.3) is 0 Å². The van der Waals surface area contributed by atoms with Crippen molar-refractivity contribution in [2.75, 3.05) is 17.5 Å². The van der Waals surface area contributed by atoms with Gasteiger partial charge in [0.1, 0.15) is 24.7 Å². The van der Waals surface area contributed by atoms with Crippen molar-refractivity contribution in [1.29, 1.82) is 0 Å². The second kappa shape index (κ2) is 13.8. The molecule has 1 N–H and O–H groups in total. The number of amides is 1. The number of hydrogen-bond donors (Lipinski definition) is 1. The molecule has 0 bridgehead atoms. The Morgan fingerprint density at radius 1 is 0.927 bits per heavy atom. The van der Waals surface area contributed by atoms with E-state index in [9.17, 15) is 13.2 Å². The minimum absolute atomic E-state index is 0.0375. The second-order valence-electron chi connectivity index (χ2n) is 9.03. The molecule has 0 aliphatic carbocycles. The van der Waals surface area contributed by atoms with Crippen molar-refractivity contribution in [2.45, 2.75) is 25.3 Å². The van der Waals surface area contributed by atoms with Gasteiger partial charge in [-0.15, -0.1) is 0 Å². The Morgan fingerprint density at radius 3 is 2.24 bits per heavy atom. The van der Waals surface area contributed by atoms with Crippen molar-refractivity contribution in [2.24, 2.45) is 5.10 Å². The summed E-state index contributed by atoms with van der Waals surface area (Å²) in [5, 5.41) is 4.65. The van der Waals surface area contributed by atoms with Crippen molar-refractivity contribution in [3.05, 3.63) is 119 Å². The van der Waals surface area contributed by atoms with Gasteiger partial charge in [0.15, 0.2) is 0 Å². The first-order valence-electron chi connectivity index (χ1n) is 12.9. The van der Waals surface area contributed by atoms with E-state index in [1.54, 1.807) is 66.7 Å². The summed E-state index contributed by atoms with van der Waals surface area (Å²) in [5.74, 6) is 0.623. The first-order chi connectivity index (χ1) is 19.7. The third-order valence-corrected chi connectivity index (χ3v) is 7.93. The van der Waals surface area contributed by atoms with Crippen LogP contribution in [0.2, 0.25) is 5.02 Å². The van der Waals surface area contributed by atoms with E-state index < -0.39 is 22.5 Å². The number of anilines is 1. The third kappa shape index (κ3) is 8.33. The molecule has 4 aromatic carbocycles. The van der Waals surface area contributed by atoms with E-state index in [2.05, 4.69) is 10.5 Å². The van der Waals surface area contributed by atoms with Gasteiger partial charge in [0.2, 0.25) is 0 Å². The maximum Gasteiger partial charge on any atom is 0.264 e. The highest BCUT2D eigenvalue weighted by Crippen LogP contribution is 2.25. The van der Waals surface area contributed by atoms with Crippen molar-refractivity contribution in [1.82, 2.24) is 5.43 Å². The zero-order chi connectivity index (χ0) is 29.2. The van der Waals surface area contributed by atoms with Crippen molar-refractivity contribution < 1.29 is 22.7 Å². The summed E-state index contributed by atoms with van der Waals surface area (Å²) in [7, 11) is -4.06. The number of carbonyl (C=O) groups excluding carboxylic acids is 1. The Kier molecular flexibility index (Phi) is 10.00. The number of carbonyl (C=O) groups is 1. The minimum atomic E-state index is -4.06. The lowest BCUT2D eigenvalue weighted by Gasteiger charge is -2.24. The van der Waals surface area contributed by atoms with Crippen LogP contribution < -0.4 is 19.2 Å². The highest BCUT2D eigenvalue weighted by molar-refractivity contribution is 7.92. The molecule has 41 heavy (non-hydrogen) atoms. The molecule has 0 aliphatic heterocycles. The number of aryl methyl sites for hydroxylation is 1. The predicted octanol–water partition coefficient (Wildman–Crippen LogP) is 5.97. The Hall–Kier alpha value is -4.34. The fraction of sp³-hybridized carbons (Fsp3) is 0.161. The van der Waals surface area contributed by atoms with Gasteiger partial charge < -0.3 is 9.47 Å².